The maximum atomic E-state index is 13.2. The van der Waals surface area contributed by atoms with E-state index in [0.717, 1.165) is 0 Å². The monoisotopic (exact) mass is 292 g/mol. The summed E-state index contributed by atoms with van der Waals surface area (Å²) in [7, 11) is 0. The van der Waals surface area contributed by atoms with E-state index in [1.165, 1.54) is 13.8 Å². The molecule has 0 spiro atoms. The summed E-state index contributed by atoms with van der Waals surface area (Å²) in [4.78, 5) is 22.4. The molecule has 0 unspecified atom stereocenters. The molecule has 1 rings (SSSR count). The summed E-state index contributed by atoms with van der Waals surface area (Å²) >= 11 is 0. The van der Waals surface area contributed by atoms with Crippen LogP contribution in [0.3, 0.4) is 0 Å². The Labute approximate surface area is 112 Å². The molecule has 0 N–H and O–H groups in total. The summed E-state index contributed by atoms with van der Waals surface area (Å²) in [5.74, 6) is -9.51. The molecule has 0 aliphatic rings. The Kier molecular flexibility index (Phi) is 5.24. The number of ether oxygens (including phenoxy) is 1. The Morgan fingerprint density at radius 3 is 2.10 bits per heavy atom. The molecule has 1 aromatic carbocycles. The average Bonchev–Trinajstić information content (AvgIpc) is 2.35. The highest BCUT2D eigenvalue weighted by Gasteiger charge is 2.22. The average molecular weight is 292 g/mol. The molecule has 20 heavy (non-hydrogen) atoms. The number of benzene rings is 1. The van der Waals surface area contributed by atoms with Gasteiger partial charge in [-0.15, -0.1) is 0 Å². The molecule has 0 heterocycles. The third-order valence-corrected chi connectivity index (χ3v) is 2.57. The second-order valence-electron chi connectivity index (χ2n) is 4.36. The molecule has 0 aliphatic carbocycles. The molecule has 0 amide bonds. The molecule has 0 bridgehead atoms. The van der Waals surface area contributed by atoms with E-state index in [-0.39, 0.29) is 18.3 Å². The van der Waals surface area contributed by atoms with Crippen molar-refractivity contribution in [3.05, 3.63) is 29.3 Å². The number of ketones is 2. The van der Waals surface area contributed by atoms with Crippen molar-refractivity contribution in [3.63, 3.8) is 0 Å². The molecule has 0 aromatic heterocycles. The fourth-order valence-corrected chi connectivity index (χ4v) is 1.51. The van der Waals surface area contributed by atoms with Gasteiger partial charge in [-0.05, 0) is 6.92 Å². The summed E-state index contributed by atoms with van der Waals surface area (Å²) in [6.07, 6.45) is -0.0509. The van der Waals surface area contributed by atoms with E-state index in [1.807, 2.05) is 0 Å². The predicted molar refractivity (Wildman–Crippen MR) is 61.2 cm³/mol. The van der Waals surface area contributed by atoms with Gasteiger partial charge in [0.05, 0.1) is 0 Å². The number of rotatable bonds is 6. The van der Waals surface area contributed by atoms with Crippen LogP contribution in [0.1, 0.15) is 20.3 Å². The number of carbonyl (C=O) groups is 2. The lowest BCUT2D eigenvalue weighted by Gasteiger charge is -2.11. The Hall–Kier alpha value is -1.92. The van der Waals surface area contributed by atoms with Gasteiger partial charge in [-0.2, -0.15) is 8.78 Å². The SMILES string of the molecule is CC(=O)C[C@H](C)C(=O)COc1c(F)c(F)cc(F)c1F. The van der Waals surface area contributed by atoms with E-state index in [9.17, 15) is 27.2 Å². The van der Waals surface area contributed by atoms with Crippen LogP contribution in [0.2, 0.25) is 0 Å². The van der Waals surface area contributed by atoms with Gasteiger partial charge >= 0.3 is 0 Å². The van der Waals surface area contributed by atoms with Crippen LogP contribution in [0.15, 0.2) is 6.07 Å². The van der Waals surface area contributed by atoms with Gasteiger partial charge in [-0.3, -0.25) is 4.79 Å². The van der Waals surface area contributed by atoms with E-state index in [4.69, 9.17) is 0 Å². The Balaban J connectivity index is 2.80. The lowest BCUT2D eigenvalue weighted by Crippen LogP contribution is -2.22. The van der Waals surface area contributed by atoms with Crippen molar-refractivity contribution in [1.82, 2.24) is 0 Å². The maximum Gasteiger partial charge on any atom is 0.203 e. The number of hydrogen-bond donors (Lipinski definition) is 0. The lowest BCUT2D eigenvalue weighted by atomic mass is 10.0. The van der Waals surface area contributed by atoms with Crippen LogP contribution in [-0.2, 0) is 9.59 Å². The van der Waals surface area contributed by atoms with Crippen molar-refractivity contribution in [2.45, 2.75) is 20.3 Å². The molecular weight excluding hydrogens is 280 g/mol. The van der Waals surface area contributed by atoms with Crippen molar-refractivity contribution in [1.29, 1.82) is 0 Å². The standard InChI is InChI=1S/C13H12F4O3/c1-6(3-7(2)18)10(19)5-20-13-11(16)8(14)4-9(15)12(13)17/h4,6H,3,5H2,1-2H3/t6-/m0/s1. The quantitative estimate of drug-likeness (QED) is 0.598. The number of carbonyl (C=O) groups excluding carboxylic acids is 2. The van der Waals surface area contributed by atoms with Crippen LogP contribution in [0.25, 0.3) is 0 Å². The lowest BCUT2D eigenvalue weighted by molar-refractivity contribution is -0.128. The first kappa shape index (κ1) is 16.1. The van der Waals surface area contributed by atoms with E-state index >= 15 is 0 Å². The Morgan fingerprint density at radius 2 is 1.65 bits per heavy atom. The van der Waals surface area contributed by atoms with Crippen LogP contribution in [0.5, 0.6) is 5.75 Å². The molecule has 0 saturated heterocycles. The molecule has 7 heteroatoms. The fourth-order valence-electron chi connectivity index (χ4n) is 1.51. The third-order valence-electron chi connectivity index (χ3n) is 2.57. The number of halogens is 4. The number of Topliss-reactive ketones (excluding diaryl/α,β-unsaturated/α-hetero) is 2. The summed E-state index contributed by atoms with van der Waals surface area (Å²) in [6.45, 7) is 1.93. The molecule has 110 valence electrons. The predicted octanol–water partition coefficient (Wildman–Crippen LogP) is 2.81. The minimum Gasteiger partial charge on any atom is -0.480 e. The first-order valence-corrected chi connectivity index (χ1v) is 5.72. The second kappa shape index (κ2) is 6.49. The molecule has 0 aliphatic heterocycles. The third kappa shape index (κ3) is 3.79. The minimum absolute atomic E-state index is 0.0394. The highest BCUT2D eigenvalue weighted by Crippen LogP contribution is 2.26. The Bertz CT molecular complexity index is 517. The van der Waals surface area contributed by atoms with Crippen molar-refractivity contribution in [3.8, 4) is 5.75 Å². The summed E-state index contributed by atoms with van der Waals surface area (Å²) in [6, 6.07) is 0.0394. The van der Waals surface area contributed by atoms with Crippen LogP contribution < -0.4 is 4.74 Å². The largest absolute Gasteiger partial charge is 0.480 e. The molecule has 0 fully saturated rings. The van der Waals surface area contributed by atoms with Crippen LogP contribution >= 0.6 is 0 Å². The van der Waals surface area contributed by atoms with Gasteiger partial charge in [0.1, 0.15) is 12.4 Å². The van der Waals surface area contributed by atoms with Crippen LogP contribution in [-0.4, -0.2) is 18.2 Å². The van der Waals surface area contributed by atoms with Gasteiger partial charge in [0.2, 0.25) is 11.6 Å². The zero-order valence-electron chi connectivity index (χ0n) is 10.8. The summed E-state index contributed by atoms with van der Waals surface area (Å²) < 4.78 is 56.7. The highest BCUT2D eigenvalue weighted by molar-refractivity contribution is 5.87. The van der Waals surface area contributed by atoms with Gasteiger partial charge in [0.25, 0.3) is 0 Å². The van der Waals surface area contributed by atoms with Gasteiger partial charge in [-0.1, -0.05) is 6.92 Å². The molecule has 0 saturated carbocycles. The number of hydrogen-bond acceptors (Lipinski definition) is 3. The van der Waals surface area contributed by atoms with Crippen molar-refractivity contribution < 1.29 is 31.9 Å². The van der Waals surface area contributed by atoms with E-state index in [2.05, 4.69) is 4.74 Å². The van der Waals surface area contributed by atoms with E-state index < -0.39 is 47.3 Å². The van der Waals surface area contributed by atoms with E-state index in [0.29, 0.717) is 0 Å². The summed E-state index contributed by atoms with van der Waals surface area (Å²) in [5, 5.41) is 0. The topological polar surface area (TPSA) is 43.4 Å². The first-order valence-electron chi connectivity index (χ1n) is 5.72. The fraction of sp³-hybridized carbons (Fsp3) is 0.385. The van der Waals surface area contributed by atoms with Crippen LogP contribution in [0, 0.1) is 29.2 Å². The van der Waals surface area contributed by atoms with Gasteiger partial charge < -0.3 is 9.53 Å². The molecular formula is C13H12F4O3. The van der Waals surface area contributed by atoms with Crippen molar-refractivity contribution in [2.24, 2.45) is 5.92 Å². The highest BCUT2D eigenvalue weighted by atomic mass is 19.2. The maximum absolute atomic E-state index is 13.2. The van der Waals surface area contributed by atoms with Gasteiger partial charge in [0.15, 0.2) is 23.2 Å². The molecule has 1 atom stereocenters. The zero-order valence-corrected chi connectivity index (χ0v) is 10.8. The second-order valence-corrected chi connectivity index (χ2v) is 4.36. The van der Waals surface area contributed by atoms with E-state index in [1.54, 1.807) is 0 Å². The van der Waals surface area contributed by atoms with Gasteiger partial charge in [-0.25, -0.2) is 8.78 Å². The molecule has 1 aromatic rings. The Morgan fingerprint density at radius 1 is 1.15 bits per heavy atom. The van der Waals surface area contributed by atoms with Crippen molar-refractivity contribution >= 4 is 11.6 Å². The molecule has 0 radical (unpaired) electrons. The van der Waals surface area contributed by atoms with Gasteiger partial charge in [0, 0.05) is 18.4 Å². The van der Waals surface area contributed by atoms with Crippen LogP contribution in [0.4, 0.5) is 17.6 Å². The zero-order chi connectivity index (χ0) is 15.4. The normalized spacial score (nSPS) is 12.1. The summed E-state index contributed by atoms with van der Waals surface area (Å²) in [5.41, 5.74) is 0. The smallest absolute Gasteiger partial charge is 0.203 e. The minimum atomic E-state index is -1.71. The molecule has 3 nitrogen and oxygen atoms in total. The van der Waals surface area contributed by atoms with Crippen molar-refractivity contribution in [2.75, 3.05) is 6.61 Å². The first-order chi connectivity index (χ1) is 9.23.